The van der Waals surface area contributed by atoms with Crippen molar-refractivity contribution < 1.29 is 4.74 Å². The molecule has 3 heteroatoms. The lowest BCUT2D eigenvalue weighted by Gasteiger charge is -2.11. The van der Waals surface area contributed by atoms with E-state index in [0.717, 1.165) is 24.3 Å². The van der Waals surface area contributed by atoms with Crippen LogP contribution in [-0.4, -0.2) is 38.2 Å². The van der Waals surface area contributed by atoms with Crippen LogP contribution >= 0.6 is 0 Å². The Morgan fingerprint density at radius 2 is 1.91 bits per heavy atom. The molecule has 1 saturated heterocycles. The third-order valence-corrected chi connectivity index (χ3v) is 4.33. The summed E-state index contributed by atoms with van der Waals surface area (Å²) in [6.45, 7) is 6.15. The van der Waals surface area contributed by atoms with Crippen LogP contribution in [0.2, 0.25) is 0 Å². The molecule has 0 bridgehead atoms. The van der Waals surface area contributed by atoms with Crippen LogP contribution in [0.4, 0.5) is 0 Å². The summed E-state index contributed by atoms with van der Waals surface area (Å²) in [6.07, 6.45) is 6.68. The van der Waals surface area contributed by atoms with Gasteiger partial charge in [0.05, 0.1) is 6.04 Å². The zero-order valence-corrected chi connectivity index (χ0v) is 14.5. The summed E-state index contributed by atoms with van der Waals surface area (Å²) in [5.41, 5.74) is 2.59. The molecule has 0 radical (unpaired) electrons. The second-order valence-electron chi connectivity index (χ2n) is 6.93. The maximum Gasteiger partial charge on any atom is 0.195 e. The van der Waals surface area contributed by atoms with Gasteiger partial charge < -0.3 is 15.0 Å². The van der Waals surface area contributed by atoms with E-state index in [2.05, 4.69) is 80.7 Å². The van der Waals surface area contributed by atoms with Crippen molar-refractivity contribution in [2.24, 2.45) is 5.92 Å². The first-order chi connectivity index (χ1) is 11.0. The maximum atomic E-state index is 5.94. The van der Waals surface area contributed by atoms with Gasteiger partial charge in [-0.15, -0.1) is 0 Å². The van der Waals surface area contributed by atoms with Crippen LogP contribution in [0.3, 0.4) is 0 Å². The molecule has 2 aliphatic rings. The molecule has 3 rings (SSSR count). The number of nitrogens with one attached hydrogen (secondary N) is 1. The quantitative estimate of drug-likeness (QED) is 0.918. The second-order valence-corrected chi connectivity index (χ2v) is 6.93. The van der Waals surface area contributed by atoms with Crippen LogP contribution in [0, 0.1) is 5.92 Å². The van der Waals surface area contributed by atoms with Crippen molar-refractivity contribution >= 4 is 11.5 Å². The summed E-state index contributed by atoms with van der Waals surface area (Å²) in [5.74, 6) is 1.47. The molecule has 122 valence electrons. The first kappa shape index (κ1) is 15.9. The second kappa shape index (κ2) is 6.63. The monoisotopic (exact) mass is 310 g/mol. The summed E-state index contributed by atoms with van der Waals surface area (Å²) in [5, 5.41) is 5.92. The molecule has 23 heavy (non-hydrogen) atoms. The van der Waals surface area contributed by atoms with E-state index in [4.69, 9.17) is 4.74 Å². The lowest BCUT2D eigenvalue weighted by molar-refractivity contribution is 0.282. The van der Waals surface area contributed by atoms with Gasteiger partial charge in [-0.05, 0) is 48.5 Å². The molecule has 0 unspecified atom stereocenters. The average molecular weight is 310 g/mol. The van der Waals surface area contributed by atoms with E-state index in [1.165, 1.54) is 16.4 Å². The first-order valence-electron chi connectivity index (χ1n) is 8.31. The largest absolute Gasteiger partial charge is 0.477 e. The molecular formula is C20H26N2O. The van der Waals surface area contributed by atoms with Crippen molar-refractivity contribution in [1.29, 1.82) is 0 Å². The Balaban J connectivity index is 2.06. The number of rotatable bonds is 3. The van der Waals surface area contributed by atoms with Crippen molar-refractivity contribution in [3.8, 4) is 0 Å². The Kier molecular flexibility index (Phi) is 4.58. The highest BCUT2D eigenvalue weighted by Gasteiger charge is 2.23. The van der Waals surface area contributed by atoms with Gasteiger partial charge in [0.1, 0.15) is 6.61 Å². The Labute approximate surface area is 138 Å². The third-order valence-electron chi connectivity index (χ3n) is 4.33. The van der Waals surface area contributed by atoms with Crippen LogP contribution in [0.25, 0.3) is 11.5 Å². The van der Waals surface area contributed by atoms with Crippen molar-refractivity contribution in [3.05, 3.63) is 58.5 Å². The van der Waals surface area contributed by atoms with E-state index >= 15 is 0 Å². The first-order valence-corrected chi connectivity index (χ1v) is 8.31. The summed E-state index contributed by atoms with van der Waals surface area (Å²) < 4.78 is 5.94. The predicted octanol–water partition coefficient (Wildman–Crippen LogP) is 1.61. The van der Waals surface area contributed by atoms with E-state index in [1.807, 2.05) is 0 Å². The molecule has 1 atom stereocenters. The zero-order chi connectivity index (χ0) is 16.4. The van der Waals surface area contributed by atoms with Crippen LogP contribution in [0.1, 0.15) is 13.8 Å². The third kappa shape index (κ3) is 3.50. The van der Waals surface area contributed by atoms with Crippen molar-refractivity contribution in [2.75, 3.05) is 27.2 Å². The number of nitrogens with zero attached hydrogens (tertiary/aromatic N) is 1. The van der Waals surface area contributed by atoms with Crippen molar-refractivity contribution in [2.45, 2.75) is 19.9 Å². The highest BCUT2D eigenvalue weighted by atomic mass is 16.5. The number of ether oxygens (including phenoxy) is 1. The fourth-order valence-electron chi connectivity index (χ4n) is 3.00. The molecule has 1 N–H and O–H groups in total. The number of hydrogen-bond donors (Lipinski definition) is 1. The van der Waals surface area contributed by atoms with Gasteiger partial charge in [0.15, 0.2) is 5.88 Å². The van der Waals surface area contributed by atoms with E-state index < -0.39 is 0 Å². The fourth-order valence-corrected chi connectivity index (χ4v) is 3.00. The molecule has 1 heterocycles. The van der Waals surface area contributed by atoms with Gasteiger partial charge in [-0.1, -0.05) is 44.2 Å². The molecule has 3 nitrogen and oxygen atoms in total. The Morgan fingerprint density at radius 3 is 2.57 bits per heavy atom. The molecule has 0 saturated carbocycles. The number of hydrogen-bond acceptors (Lipinski definition) is 3. The minimum Gasteiger partial charge on any atom is -0.477 e. The number of benzene rings is 1. The van der Waals surface area contributed by atoms with Crippen LogP contribution < -0.4 is 15.8 Å². The van der Waals surface area contributed by atoms with Gasteiger partial charge in [-0.3, -0.25) is 0 Å². The fraction of sp³-hybridized carbons (Fsp3) is 0.400. The van der Waals surface area contributed by atoms with Crippen molar-refractivity contribution in [1.82, 2.24) is 10.2 Å². The topological polar surface area (TPSA) is 24.5 Å². The summed E-state index contributed by atoms with van der Waals surface area (Å²) in [7, 11) is 4.19. The Morgan fingerprint density at radius 1 is 1.17 bits per heavy atom. The van der Waals surface area contributed by atoms with E-state index in [9.17, 15) is 0 Å². The maximum absolute atomic E-state index is 5.94. The van der Waals surface area contributed by atoms with E-state index in [-0.39, 0.29) is 0 Å². The van der Waals surface area contributed by atoms with Crippen LogP contribution in [-0.2, 0) is 4.74 Å². The van der Waals surface area contributed by atoms with Gasteiger partial charge in [0.2, 0.25) is 0 Å². The normalized spacial score (nSPS) is 25.0. The molecular weight excluding hydrogens is 284 g/mol. The number of likely N-dealkylation sites (N-methyl/N-ethyl adjacent to an activating group) is 1. The van der Waals surface area contributed by atoms with E-state index in [1.54, 1.807) is 0 Å². The molecule has 1 fully saturated rings. The van der Waals surface area contributed by atoms with E-state index in [0.29, 0.717) is 12.0 Å². The molecule has 1 aliphatic heterocycles. The van der Waals surface area contributed by atoms with Gasteiger partial charge >= 0.3 is 0 Å². The number of allylic oxidation sites excluding steroid dienone is 2. The van der Waals surface area contributed by atoms with Crippen LogP contribution in [0.5, 0.6) is 0 Å². The standard InChI is InChI=1S/C20H26N2O/c1-14(2)19-13-23-20(21-19)18-8-6-5-7-17(18)16-10-9-15(11-16)12-22(3)4/h5-11,14,19,21H,12-13H2,1-4H3/b17-16-,20-18+/t19-/m1/s1. The average Bonchev–Trinajstić information content (AvgIpc) is 3.15. The summed E-state index contributed by atoms with van der Waals surface area (Å²) in [4.78, 5) is 2.19. The zero-order valence-electron chi connectivity index (χ0n) is 14.5. The van der Waals surface area contributed by atoms with Gasteiger partial charge in [0, 0.05) is 11.8 Å². The lowest BCUT2D eigenvalue weighted by Crippen LogP contribution is -2.34. The molecule has 0 spiro atoms. The molecule has 1 aromatic rings. The lowest BCUT2D eigenvalue weighted by atomic mass is 10.1. The molecule has 1 aliphatic carbocycles. The smallest absolute Gasteiger partial charge is 0.195 e. The Hall–Kier alpha value is -2.00. The van der Waals surface area contributed by atoms with Crippen LogP contribution in [0.15, 0.2) is 48.1 Å². The molecule has 0 amide bonds. The van der Waals surface area contributed by atoms with Gasteiger partial charge in [0.25, 0.3) is 0 Å². The highest BCUT2D eigenvalue weighted by molar-refractivity contribution is 5.74. The Bertz CT molecular complexity index is 756. The molecule has 1 aromatic carbocycles. The molecule has 0 aromatic heterocycles. The minimum atomic E-state index is 0.391. The summed E-state index contributed by atoms with van der Waals surface area (Å²) >= 11 is 0. The summed E-state index contributed by atoms with van der Waals surface area (Å²) in [6, 6.07) is 8.86. The van der Waals surface area contributed by atoms with Gasteiger partial charge in [-0.2, -0.15) is 0 Å². The minimum absolute atomic E-state index is 0.391. The predicted molar refractivity (Wildman–Crippen MR) is 96.0 cm³/mol. The van der Waals surface area contributed by atoms with Gasteiger partial charge in [-0.25, -0.2) is 0 Å². The SMILES string of the molecule is CC(C)[C@H]1CO/C(=c2\cccc\c2=C2/C=CC(CN(C)C)=C2)N1. The van der Waals surface area contributed by atoms with Crippen molar-refractivity contribution in [3.63, 3.8) is 0 Å². The highest BCUT2D eigenvalue weighted by Crippen LogP contribution is 2.16.